The van der Waals surface area contributed by atoms with Crippen molar-refractivity contribution in [2.24, 2.45) is 0 Å². The topological polar surface area (TPSA) is 79.0 Å². The number of urea groups is 1. The Morgan fingerprint density at radius 1 is 1.23 bits per heavy atom. The average Bonchev–Trinajstić information content (AvgIpc) is 3.09. The van der Waals surface area contributed by atoms with Crippen molar-refractivity contribution in [1.82, 2.24) is 14.7 Å². The number of likely N-dealkylation sites (tertiary alicyclic amines) is 1. The molecule has 162 valence electrons. The number of sulfonamides is 1. The predicted octanol–water partition coefficient (Wildman–Crippen LogP) is 2.64. The first-order valence-corrected chi connectivity index (χ1v) is 11.5. The summed E-state index contributed by atoms with van der Waals surface area (Å²) in [5, 5.41) is 1.08. The summed E-state index contributed by atoms with van der Waals surface area (Å²) in [6.45, 7) is 0.338. The highest BCUT2D eigenvalue weighted by Crippen LogP contribution is 2.29. The van der Waals surface area contributed by atoms with E-state index in [0.717, 1.165) is 16.9 Å². The van der Waals surface area contributed by atoms with Gasteiger partial charge >= 0.3 is 6.03 Å². The maximum Gasteiger partial charge on any atom is 0.343 e. The molecule has 1 heterocycles. The lowest BCUT2D eigenvalue weighted by Crippen LogP contribution is -2.50. The predicted molar refractivity (Wildman–Crippen MR) is 113 cm³/mol. The lowest BCUT2D eigenvalue weighted by molar-refractivity contribution is -0.0770. The van der Waals surface area contributed by atoms with Gasteiger partial charge in [-0.05, 0) is 24.0 Å². The van der Waals surface area contributed by atoms with E-state index in [4.69, 9.17) is 4.84 Å². The van der Waals surface area contributed by atoms with Crippen LogP contribution in [0.2, 0.25) is 0 Å². The van der Waals surface area contributed by atoms with Crippen LogP contribution >= 0.6 is 0 Å². The third-order valence-corrected chi connectivity index (χ3v) is 6.02. The summed E-state index contributed by atoms with van der Waals surface area (Å²) in [5.74, 6) is -0.374. The number of carbonyl (C=O) groups excluding carboxylic acids is 1. The van der Waals surface area contributed by atoms with E-state index in [9.17, 15) is 13.2 Å². The minimum absolute atomic E-state index is 0.170. The van der Waals surface area contributed by atoms with Gasteiger partial charge in [-0.15, -0.1) is 0 Å². The van der Waals surface area contributed by atoms with Crippen LogP contribution < -0.4 is 4.72 Å². The fraction of sp³-hybridized carbons (Fsp3) is 0.381. The molecule has 2 aromatic rings. The van der Waals surface area contributed by atoms with Crippen molar-refractivity contribution in [3.8, 4) is 11.1 Å². The molecule has 2 amide bonds. The van der Waals surface area contributed by atoms with E-state index in [1.54, 1.807) is 18.2 Å². The summed E-state index contributed by atoms with van der Waals surface area (Å²) in [6, 6.07) is 12.9. The number of hydrogen-bond donors (Lipinski definition) is 1. The second-order valence-electron chi connectivity index (χ2n) is 7.36. The summed E-state index contributed by atoms with van der Waals surface area (Å²) in [7, 11) is -0.643. The van der Waals surface area contributed by atoms with Crippen LogP contribution in [0.1, 0.15) is 12.0 Å². The summed E-state index contributed by atoms with van der Waals surface area (Å²) in [6.07, 6.45) is 1.68. The summed E-state index contributed by atoms with van der Waals surface area (Å²) < 4.78 is 41.6. The Morgan fingerprint density at radius 3 is 2.57 bits per heavy atom. The Hall–Kier alpha value is -2.49. The largest absolute Gasteiger partial charge is 0.343 e. The van der Waals surface area contributed by atoms with Gasteiger partial charge in [-0.1, -0.05) is 48.5 Å². The SMILES string of the molecule is CON(C)C(=O)N1CC[C@H](NS(C)(=O)=O)[C@@H]1Cc1cccc(-c2ccccc2)c1F. The quantitative estimate of drug-likeness (QED) is 0.708. The maximum atomic E-state index is 15.4. The van der Waals surface area contributed by atoms with Gasteiger partial charge in [0.1, 0.15) is 5.82 Å². The van der Waals surface area contributed by atoms with Crippen LogP contribution in [0.25, 0.3) is 11.1 Å². The standard InChI is InChI=1S/C21H26FN3O4S/c1-24(29-2)21(26)25-13-12-18(23-30(3,27)28)19(25)14-16-10-7-11-17(20(16)22)15-8-5-4-6-9-15/h4-11,18-19,23H,12-14H2,1-3H3/t18-,19-/m0/s1. The molecular weight excluding hydrogens is 409 g/mol. The van der Waals surface area contributed by atoms with E-state index in [0.29, 0.717) is 24.1 Å². The monoisotopic (exact) mass is 435 g/mol. The Morgan fingerprint density at radius 2 is 1.93 bits per heavy atom. The number of nitrogens with zero attached hydrogens (tertiary/aromatic N) is 2. The minimum Gasteiger partial charge on any atom is -0.318 e. The second kappa shape index (κ2) is 9.11. The van der Waals surface area contributed by atoms with Gasteiger partial charge in [0.2, 0.25) is 10.0 Å². The Labute approximate surface area is 176 Å². The van der Waals surface area contributed by atoms with E-state index in [1.807, 2.05) is 30.3 Å². The van der Waals surface area contributed by atoms with Gasteiger partial charge in [0.25, 0.3) is 0 Å². The molecule has 2 atom stereocenters. The molecule has 0 radical (unpaired) electrons. The highest BCUT2D eigenvalue weighted by Gasteiger charge is 2.40. The van der Waals surface area contributed by atoms with E-state index in [2.05, 4.69) is 4.72 Å². The molecule has 0 aliphatic carbocycles. The van der Waals surface area contributed by atoms with Gasteiger partial charge in [0.15, 0.2) is 0 Å². The number of carbonyl (C=O) groups is 1. The Bertz CT molecular complexity index is 1000. The zero-order valence-corrected chi connectivity index (χ0v) is 18.0. The minimum atomic E-state index is -3.50. The van der Waals surface area contributed by atoms with Gasteiger partial charge < -0.3 is 4.90 Å². The molecule has 0 spiro atoms. The van der Waals surface area contributed by atoms with Gasteiger partial charge in [0.05, 0.1) is 19.4 Å². The van der Waals surface area contributed by atoms with Crippen LogP contribution in [0.4, 0.5) is 9.18 Å². The number of amides is 2. The van der Waals surface area contributed by atoms with E-state index >= 15 is 4.39 Å². The Balaban J connectivity index is 1.94. The molecule has 0 aromatic heterocycles. The molecule has 1 saturated heterocycles. The van der Waals surface area contributed by atoms with E-state index < -0.39 is 28.1 Å². The maximum absolute atomic E-state index is 15.4. The molecule has 1 aliphatic heterocycles. The molecule has 9 heteroatoms. The molecule has 7 nitrogen and oxygen atoms in total. The molecule has 1 fully saturated rings. The first-order chi connectivity index (χ1) is 14.2. The molecular formula is C21H26FN3O4S. The van der Waals surface area contributed by atoms with Crippen molar-refractivity contribution < 1.29 is 22.4 Å². The first-order valence-electron chi connectivity index (χ1n) is 9.60. The van der Waals surface area contributed by atoms with Gasteiger partial charge in [0, 0.05) is 25.2 Å². The number of hydroxylamine groups is 2. The fourth-order valence-electron chi connectivity index (χ4n) is 3.82. The van der Waals surface area contributed by atoms with Crippen molar-refractivity contribution in [2.75, 3.05) is 27.0 Å². The highest BCUT2D eigenvalue weighted by molar-refractivity contribution is 7.88. The zero-order valence-electron chi connectivity index (χ0n) is 17.2. The van der Waals surface area contributed by atoms with E-state index in [1.165, 1.54) is 19.1 Å². The van der Waals surface area contributed by atoms with Crippen molar-refractivity contribution >= 4 is 16.1 Å². The Kier molecular flexibility index (Phi) is 6.74. The average molecular weight is 436 g/mol. The van der Waals surface area contributed by atoms with Gasteiger partial charge in [-0.25, -0.2) is 27.4 Å². The molecule has 0 saturated carbocycles. The summed E-state index contributed by atoms with van der Waals surface area (Å²) >= 11 is 0. The normalized spacial score (nSPS) is 19.1. The molecule has 0 unspecified atom stereocenters. The summed E-state index contributed by atoms with van der Waals surface area (Å²) in [4.78, 5) is 19.2. The lowest BCUT2D eigenvalue weighted by Gasteiger charge is -2.31. The first kappa shape index (κ1) is 22.2. The number of nitrogens with one attached hydrogen (secondary N) is 1. The van der Waals surface area contributed by atoms with Crippen molar-refractivity contribution in [1.29, 1.82) is 0 Å². The number of hydrogen-bond acceptors (Lipinski definition) is 4. The van der Waals surface area contributed by atoms with Crippen LogP contribution in [-0.4, -0.2) is 63.5 Å². The van der Waals surface area contributed by atoms with Gasteiger partial charge in [-0.2, -0.15) is 0 Å². The third-order valence-electron chi connectivity index (χ3n) is 5.29. The van der Waals surface area contributed by atoms with Crippen LogP contribution in [0.3, 0.4) is 0 Å². The molecule has 1 aliphatic rings. The fourth-order valence-corrected chi connectivity index (χ4v) is 4.64. The van der Waals surface area contributed by atoms with Gasteiger partial charge in [-0.3, -0.25) is 4.84 Å². The molecule has 3 rings (SSSR count). The number of benzene rings is 2. The van der Waals surface area contributed by atoms with Crippen molar-refractivity contribution in [2.45, 2.75) is 24.9 Å². The molecule has 0 bridgehead atoms. The molecule has 30 heavy (non-hydrogen) atoms. The van der Waals surface area contributed by atoms with Crippen molar-refractivity contribution in [3.63, 3.8) is 0 Å². The van der Waals surface area contributed by atoms with Crippen LogP contribution in [0, 0.1) is 5.82 Å². The molecule has 2 aromatic carbocycles. The lowest BCUT2D eigenvalue weighted by atomic mass is 9.96. The second-order valence-corrected chi connectivity index (χ2v) is 9.14. The smallest absolute Gasteiger partial charge is 0.318 e. The zero-order chi connectivity index (χ0) is 21.9. The summed E-state index contributed by atoms with van der Waals surface area (Å²) in [5.41, 5.74) is 1.63. The third kappa shape index (κ3) is 4.97. The van der Waals surface area contributed by atoms with Crippen LogP contribution in [0.15, 0.2) is 48.5 Å². The number of halogens is 1. The van der Waals surface area contributed by atoms with Crippen LogP contribution in [0.5, 0.6) is 0 Å². The number of rotatable bonds is 6. The van der Waals surface area contributed by atoms with Crippen molar-refractivity contribution in [3.05, 3.63) is 59.9 Å². The highest BCUT2D eigenvalue weighted by atomic mass is 32.2. The molecule has 1 N–H and O–H groups in total. The van der Waals surface area contributed by atoms with Crippen LogP contribution in [-0.2, 0) is 21.3 Å². The van der Waals surface area contributed by atoms with E-state index in [-0.39, 0.29) is 12.2 Å².